The number of carbonyl (C=O) groups excluding carboxylic acids is 1. The van der Waals surface area contributed by atoms with Crippen LogP contribution in [0, 0.1) is 11.6 Å². The molecule has 8 heteroatoms. The van der Waals surface area contributed by atoms with Gasteiger partial charge in [-0.05, 0) is 24.6 Å². The van der Waals surface area contributed by atoms with Crippen LogP contribution in [-0.4, -0.2) is 28.0 Å². The van der Waals surface area contributed by atoms with E-state index in [4.69, 9.17) is 9.47 Å². The van der Waals surface area contributed by atoms with E-state index in [0.717, 1.165) is 11.6 Å². The lowest BCUT2D eigenvalue weighted by molar-refractivity contribution is 0.0520. The zero-order valence-corrected chi connectivity index (χ0v) is 13.8. The number of benzene rings is 2. The second-order valence-electron chi connectivity index (χ2n) is 5.28. The first kappa shape index (κ1) is 17.5. The highest BCUT2D eigenvalue weighted by Gasteiger charge is 2.19. The van der Waals surface area contributed by atoms with Gasteiger partial charge in [0.05, 0.1) is 6.61 Å². The quantitative estimate of drug-likeness (QED) is 0.682. The lowest BCUT2D eigenvalue weighted by Crippen LogP contribution is -2.06. The maximum absolute atomic E-state index is 13.6. The van der Waals surface area contributed by atoms with Crippen LogP contribution in [0.5, 0.6) is 5.75 Å². The molecule has 134 valence electrons. The lowest BCUT2D eigenvalue weighted by atomic mass is 10.1. The molecule has 0 saturated heterocycles. The van der Waals surface area contributed by atoms with Gasteiger partial charge in [0.25, 0.3) is 0 Å². The predicted molar refractivity (Wildman–Crippen MR) is 88.5 cm³/mol. The molecule has 0 bridgehead atoms. The van der Waals surface area contributed by atoms with E-state index in [1.165, 1.54) is 12.1 Å². The van der Waals surface area contributed by atoms with Crippen molar-refractivity contribution in [3.05, 3.63) is 65.4 Å². The first-order chi connectivity index (χ1) is 12.6. The molecule has 3 aromatic rings. The van der Waals surface area contributed by atoms with E-state index in [1.807, 2.05) is 0 Å². The van der Waals surface area contributed by atoms with Crippen molar-refractivity contribution in [1.82, 2.24) is 15.4 Å². The van der Waals surface area contributed by atoms with Gasteiger partial charge in [-0.15, -0.1) is 5.10 Å². The topological polar surface area (TPSA) is 77.1 Å². The average molecular weight is 359 g/mol. The van der Waals surface area contributed by atoms with Crippen molar-refractivity contribution in [2.45, 2.75) is 13.5 Å². The van der Waals surface area contributed by atoms with Gasteiger partial charge in [-0.2, -0.15) is 14.7 Å². The highest BCUT2D eigenvalue weighted by Crippen LogP contribution is 2.23. The number of esters is 1. The molecule has 1 heterocycles. The fourth-order valence-electron chi connectivity index (χ4n) is 2.29. The van der Waals surface area contributed by atoms with Crippen molar-refractivity contribution in [3.63, 3.8) is 0 Å². The van der Waals surface area contributed by atoms with Crippen molar-refractivity contribution in [3.8, 4) is 17.0 Å². The van der Waals surface area contributed by atoms with Crippen LogP contribution in [0.25, 0.3) is 11.3 Å². The summed E-state index contributed by atoms with van der Waals surface area (Å²) in [7, 11) is 0. The summed E-state index contributed by atoms with van der Waals surface area (Å²) in [4.78, 5) is 11.9. The monoisotopic (exact) mass is 359 g/mol. The number of aromatic nitrogens is 3. The van der Waals surface area contributed by atoms with Crippen molar-refractivity contribution in [2.24, 2.45) is 0 Å². The van der Waals surface area contributed by atoms with Crippen LogP contribution in [0.2, 0.25) is 0 Å². The Hall–Kier alpha value is -3.29. The summed E-state index contributed by atoms with van der Waals surface area (Å²) in [6.07, 6.45) is 0. The molecule has 26 heavy (non-hydrogen) atoms. The Morgan fingerprint density at radius 1 is 1.12 bits per heavy atom. The van der Waals surface area contributed by atoms with E-state index < -0.39 is 17.6 Å². The molecule has 2 aromatic carbocycles. The van der Waals surface area contributed by atoms with Crippen LogP contribution < -0.4 is 4.74 Å². The second-order valence-corrected chi connectivity index (χ2v) is 5.28. The average Bonchev–Trinajstić information content (AvgIpc) is 3.13. The summed E-state index contributed by atoms with van der Waals surface area (Å²) in [5, 5.41) is 10.2. The molecule has 1 N–H and O–H groups in total. The molecule has 0 atom stereocenters. The third kappa shape index (κ3) is 3.69. The highest BCUT2D eigenvalue weighted by molar-refractivity contribution is 5.93. The van der Waals surface area contributed by atoms with E-state index >= 15 is 0 Å². The Kier molecular flexibility index (Phi) is 5.21. The molecular weight excluding hydrogens is 344 g/mol. The van der Waals surface area contributed by atoms with Gasteiger partial charge in [0, 0.05) is 5.56 Å². The number of carbonyl (C=O) groups is 1. The molecule has 0 spiro atoms. The maximum Gasteiger partial charge on any atom is 0.361 e. The van der Waals surface area contributed by atoms with Crippen molar-refractivity contribution in [2.75, 3.05) is 6.61 Å². The summed E-state index contributed by atoms with van der Waals surface area (Å²) in [6, 6.07) is 10.7. The van der Waals surface area contributed by atoms with Crippen molar-refractivity contribution >= 4 is 5.97 Å². The van der Waals surface area contributed by atoms with Gasteiger partial charge in [0.15, 0.2) is 17.3 Å². The third-order valence-corrected chi connectivity index (χ3v) is 3.55. The van der Waals surface area contributed by atoms with E-state index in [-0.39, 0.29) is 24.7 Å². The van der Waals surface area contributed by atoms with E-state index in [2.05, 4.69) is 15.4 Å². The maximum atomic E-state index is 13.6. The normalized spacial score (nSPS) is 10.6. The van der Waals surface area contributed by atoms with Gasteiger partial charge in [-0.25, -0.2) is 9.18 Å². The van der Waals surface area contributed by atoms with Gasteiger partial charge in [-0.1, -0.05) is 30.3 Å². The number of nitrogens with one attached hydrogen (secondary N) is 1. The SMILES string of the molecule is CCOC(=O)c1n[nH]nc1-c1ccc(COc2cccc(F)c2F)cc1. The minimum absolute atomic E-state index is 0.0597. The molecule has 3 rings (SSSR count). The summed E-state index contributed by atoms with van der Waals surface area (Å²) in [6.45, 7) is 2.00. The molecule has 0 fully saturated rings. The Bertz CT molecular complexity index is 910. The van der Waals surface area contributed by atoms with Crippen molar-refractivity contribution in [1.29, 1.82) is 0 Å². The van der Waals surface area contributed by atoms with Crippen LogP contribution in [0.4, 0.5) is 8.78 Å². The minimum atomic E-state index is -1.02. The Morgan fingerprint density at radius 2 is 1.88 bits per heavy atom. The molecule has 0 radical (unpaired) electrons. The van der Waals surface area contributed by atoms with Gasteiger partial charge < -0.3 is 9.47 Å². The Labute approximate surface area is 147 Å². The molecule has 0 unspecified atom stereocenters. The summed E-state index contributed by atoms with van der Waals surface area (Å²) in [5.74, 6) is -2.71. The van der Waals surface area contributed by atoms with E-state index in [0.29, 0.717) is 11.3 Å². The molecule has 6 nitrogen and oxygen atoms in total. The third-order valence-electron chi connectivity index (χ3n) is 3.55. The molecule has 0 saturated carbocycles. The van der Waals surface area contributed by atoms with Crippen LogP contribution >= 0.6 is 0 Å². The number of hydrogen-bond acceptors (Lipinski definition) is 5. The molecule has 1 aromatic heterocycles. The number of nitrogens with zero attached hydrogens (tertiary/aromatic N) is 2. The van der Waals surface area contributed by atoms with Gasteiger partial charge in [-0.3, -0.25) is 0 Å². The first-order valence-corrected chi connectivity index (χ1v) is 7.84. The standard InChI is InChI=1S/C18H15F2N3O3/c1-2-25-18(24)17-16(21-23-22-17)12-8-6-11(7-9-12)10-26-14-5-3-4-13(19)15(14)20/h3-9H,2,10H2,1H3,(H,21,22,23). The van der Waals surface area contributed by atoms with Gasteiger partial charge in [0.2, 0.25) is 5.82 Å². The Morgan fingerprint density at radius 3 is 2.62 bits per heavy atom. The molecule has 0 aliphatic carbocycles. The minimum Gasteiger partial charge on any atom is -0.486 e. The smallest absolute Gasteiger partial charge is 0.361 e. The largest absolute Gasteiger partial charge is 0.486 e. The van der Waals surface area contributed by atoms with Crippen LogP contribution in [0.3, 0.4) is 0 Å². The molecule has 0 aliphatic heterocycles. The number of H-pyrrole nitrogens is 1. The summed E-state index contributed by atoms with van der Waals surface area (Å²) >= 11 is 0. The zero-order chi connectivity index (χ0) is 18.5. The number of halogens is 2. The van der Waals surface area contributed by atoms with Crippen molar-refractivity contribution < 1.29 is 23.0 Å². The fourth-order valence-corrected chi connectivity index (χ4v) is 2.29. The van der Waals surface area contributed by atoms with Crippen LogP contribution in [0.15, 0.2) is 42.5 Å². The highest BCUT2D eigenvalue weighted by atomic mass is 19.2. The van der Waals surface area contributed by atoms with Crippen LogP contribution in [0.1, 0.15) is 23.0 Å². The van der Waals surface area contributed by atoms with Gasteiger partial charge in [0.1, 0.15) is 12.3 Å². The first-order valence-electron chi connectivity index (χ1n) is 7.84. The number of rotatable bonds is 6. The number of aromatic amines is 1. The zero-order valence-electron chi connectivity index (χ0n) is 13.8. The molecule has 0 aliphatic rings. The summed E-state index contributed by atoms with van der Waals surface area (Å²) < 4.78 is 37.0. The van der Waals surface area contributed by atoms with E-state index in [9.17, 15) is 13.6 Å². The van der Waals surface area contributed by atoms with Gasteiger partial charge >= 0.3 is 5.97 Å². The van der Waals surface area contributed by atoms with E-state index in [1.54, 1.807) is 31.2 Å². The molecular formula is C18H15F2N3O3. The second kappa shape index (κ2) is 7.73. The molecule has 0 amide bonds. The Balaban J connectivity index is 1.72. The lowest BCUT2D eigenvalue weighted by Gasteiger charge is -2.08. The number of ether oxygens (including phenoxy) is 2. The van der Waals surface area contributed by atoms with Crippen LogP contribution in [-0.2, 0) is 11.3 Å². The number of hydrogen-bond donors (Lipinski definition) is 1. The predicted octanol–water partition coefficient (Wildman–Crippen LogP) is 3.51. The summed E-state index contributed by atoms with van der Waals surface area (Å²) in [5.41, 5.74) is 1.85. The fraction of sp³-hybridized carbons (Fsp3) is 0.167.